The number of fused-ring (bicyclic) bond motifs is 4. The molecule has 1 fully saturated rings. The van der Waals surface area contributed by atoms with Gasteiger partial charge in [-0.15, -0.1) is 0 Å². The Morgan fingerprint density at radius 2 is 1.86 bits per heavy atom. The van der Waals surface area contributed by atoms with Crippen LogP contribution in [0.15, 0.2) is 65.8 Å². The van der Waals surface area contributed by atoms with Gasteiger partial charge in [-0.1, -0.05) is 30.3 Å². The Labute approximate surface area is 207 Å². The van der Waals surface area contributed by atoms with Gasteiger partial charge in [-0.3, -0.25) is 13.8 Å². The van der Waals surface area contributed by atoms with Crippen molar-refractivity contribution in [3.8, 4) is 0 Å². The molecular formula is C28H26N4O4. The molecule has 6 rings (SSSR count). The molecule has 0 spiro atoms. The molecule has 4 heterocycles. The topological polar surface area (TPSA) is 87.7 Å². The van der Waals surface area contributed by atoms with Gasteiger partial charge in [-0.05, 0) is 48.9 Å². The molecule has 1 saturated heterocycles. The Morgan fingerprint density at radius 3 is 2.67 bits per heavy atom. The van der Waals surface area contributed by atoms with E-state index in [9.17, 15) is 9.59 Å². The van der Waals surface area contributed by atoms with E-state index in [1.165, 1.54) is 0 Å². The van der Waals surface area contributed by atoms with Crippen molar-refractivity contribution in [3.05, 3.63) is 88.5 Å². The van der Waals surface area contributed by atoms with Crippen LogP contribution in [0, 0.1) is 0 Å². The van der Waals surface area contributed by atoms with Crippen molar-refractivity contribution < 1.29 is 14.3 Å². The molecule has 0 amide bonds. The first-order valence-electron chi connectivity index (χ1n) is 12.3. The molecule has 0 saturated carbocycles. The molecule has 0 atom stereocenters. The number of hydrogen-bond acceptors (Lipinski definition) is 6. The van der Waals surface area contributed by atoms with E-state index in [2.05, 4.69) is 4.98 Å². The van der Waals surface area contributed by atoms with E-state index < -0.39 is 5.97 Å². The Balaban J connectivity index is 1.52. The minimum Gasteiger partial charge on any atom is -0.460 e. The average Bonchev–Trinajstić information content (AvgIpc) is 3.28. The van der Waals surface area contributed by atoms with Gasteiger partial charge in [-0.2, -0.15) is 0 Å². The quantitative estimate of drug-likeness (QED) is 0.274. The highest BCUT2D eigenvalue weighted by molar-refractivity contribution is 6.06. The fraction of sp³-hybridized carbons (Fsp3) is 0.286. The van der Waals surface area contributed by atoms with Crippen LogP contribution in [0.25, 0.3) is 27.2 Å². The van der Waals surface area contributed by atoms with E-state index in [1.807, 2.05) is 54.7 Å². The van der Waals surface area contributed by atoms with Crippen LogP contribution >= 0.6 is 0 Å². The number of esters is 1. The fourth-order valence-corrected chi connectivity index (χ4v) is 5.17. The van der Waals surface area contributed by atoms with Gasteiger partial charge < -0.3 is 9.47 Å². The molecule has 5 aromatic rings. The SMILES string of the molecule is CCOC(=O)c1nc(Cc2cc3c(=O)n(C4CCOCC4)cnc3c3ccccc23)c2ccccn12. The van der Waals surface area contributed by atoms with Gasteiger partial charge in [0.15, 0.2) is 0 Å². The molecular weight excluding hydrogens is 456 g/mol. The number of aromatic nitrogens is 4. The van der Waals surface area contributed by atoms with Crippen LogP contribution in [0.1, 0.15) is 47.7 Å². The van der Waals surface area contributed by atoms with Gasteiger partial charge in [0.1, 0.15) is 0 Å². The van der Waals surface area contributed by atoms with Crippen molar-refractivity contribution in [2.45, 2.75) is 32.2 Å². The Bertz CT molecular complexity index is 1660. The number of benzene rings is 2. The summed E-state index contributed by atoms with van der Waals surface area (Å²) in [4.78, 5) is 35.6. The minimum absolute atomic E-state index is 0.0409. The maximum atomic E-state index is 13.7. The minimum atomic E-state index is -0.461. The first kappa shape index (κ1) is 22.4. The van der Waals surface area contributed by atoms with Gasteiger partial charge in [0, 0.05) is 37.3 Å². The van der Waals surface area contributed by atoms with Crippen molar-refractivity contribution in [3.63, 3.8) is 0 Å². The maximum absolute atomic E-state index is 13.7. The van der Waals surface area contributed by atoms with Crippen molar-refractivity contribution in [1.29, 1.82) is 0 Å². The normalized spacial score (nSPS) is 14.6. The molecule has 8 heteroatoms. The first-order valence-corrected chi connectivity index (χ1v) is 12.3. The average molecular weight is 483 g/mol. The zero-order chi connectivity index (χ0) is 24.6. The number of carbonyl (C=O) groups is 1. The lowest BCUT2D eigenvalue weighted by Gasteiger charge is -2.24. The van der Waals surface area contributed by atoms with Crippen LogP contribution in [0.3, 0.4) is 0 Å². The molecule has 0 aliphatic carbocycles. The standard InChI is InChI=1S/C28H26N4O4/c1-2-36-28(34)26-30-23(24-9-5-6-12-31(24)26)16-18-15-22-25(21-8-4-3-7-20(18)21)29-17-32(27(22)33)19-10-13-35-14-11-19/h3-9,12,15,17,19H,2,10-11,13-14,16H2,1H3. The first-order chi connectivity index (χ1) is 17.7. The van der Waals surface area contributed by atoms with Crippen LogP contribution in [0.2, 0.25) is 0 Å². The smallest absolute Gasteiger partial charge is 0.374 e. The highest BCUT2D eigenvalue weighted by atomic mass is 16.5. The number of rotatable bonds is 5. The molecule has 1 aliphatic heterocycles. The van der Waals surface area contributed by atoms with E-state index >= 15 is 0 Å². The largest absolute Gasteiger partial charge is 0.460 e. The Hall–Kier alpha value is -4.04. The van der Waals surface area contributed by atoms with Crippen LogP contribution in [-0.4, -0.2) is 44.7 Å². The van der Waals surface area contributed by atoms with E-state index in [4.69, 9.17) is 14.5 Å². The summed E-state index contributed by atoms with van der Waals surface area (Å²) >= 11 is 0. The zero-order valence-electron chi connectivity index (χ0n) is 20.0. The van der Waals surface area contributed by atoms with E-state index in [0.29, 0.717) is 30.5 Å². The van der Waals surface area contributed by atoms with Gasteiger partial charge in [0.05, 0.1) is 35.0 Å². The van der Waals surface area contributed by atoms with E-state index in [-0.39, 0.29) is 24.0 Å². The molecule has 8 nitrogen and oxygen atoms in total. The number of ether oxygens (including phenoxy) is 2. The lowest BCUT2D eigenvalue weighted by atomic mass is 9.97. The third-order valence-corrected chi connectivity index (χ3v) is 6.90. The molecule has 0 bridgehead atoms. The summed E-state index contributed by atoms with van der Waals surface area (Å²) < 4.78 is 14.2. The van der Waals surface area contributed by atoms with Gasteiger partial charge in [0.25, 0.3) is 5.56 Å². The number of nitrogens with zero attached hydrogens (tertiary/aromatic N) is 4. The second kappa shape index (κ2) is 9.20. The van der Waals surface area contributed by atoms with Crippen molar-refractivity contribution in [2.75, 3.05) is 19.8 Å². The van der Waals surface area contributed by atoms with Crippen molar-refractivity contribution in [1.82, 2.24) is 18.9 Å². The van der Waals surface area contributed by atoms with E-state index in [1.54, 1.807) is 22.2 Å². The monoisotopic (exact) mass is 482 g/mol. The molecule has 0 radical (unpaired) electrons. The summed E-state index contributed by atoms with van der Waals surface area (Å²) in [6, 6.07) is 15.7. The van der Waals surface area contributed by atoms with Gasteiger partial charge in [-0.25, -0.2) is 14.8 Å². The molecule has 182 valence electrons. The molecule has 3 aromatic heterocycles. The molecule has 2 aromatic carbocycles. The number of carbonyl (C=O) groups excluding carboxylic acids is 1. The maximum Gasteiger partial charge on any atom is 0.374 e. The van der Waals surface area contributed by atoms with Crippen molar-refractivity contribution in [2.24, 2.45) is 0 Å². The summed E-state index contributed by atoms with van der Waals surface area (Å²) in [7, 11) is 0. The van der Waals surface area contributed by atoms with Crippen molar-refractivity contribution >= 4 is 33.2 Å². The zero-order valence-corrected chi connectivity index (χ0v) is 20.0. The van der Waals surface area contributed by atoms with Crippen LogP contribution in [0.4, 0.5) is 0 Å². The molecule has 0 unspecified atom stereocenters. The number of hydrogen-bond donors (Lipinski definition) is 0. The summed E-state index contributed by atoms with van der Waals surface area (Å²) in [6.45, 7) is 3.34. The lowest BCUT2D eigenvalue weighted by Crippen LogP contribution is -2.29. The third-order valence-electron chi connectivity index (χ3n) is 6.90. The second-order valence-electron chi connectivity index (χ2n) is 9.01. The highest BCUT2D eigenvalue weighted by Gasteiger charge is 2.22. The Morgan fingerprint density at radius 1 is 1.08 bits per heavy atom. The molecule has 1 aliphatic rings. The number of imidazole rings is 1. The summed E-state index contributed by atoms with van der Waals surface area (Å²) in [5.74, 6) is -0.215. The summed E-state index contributed by atoms with van der Waals surface area (Å²) in [6.07, 6.45) is 5.54. The van der Waals surface area contributed by atoms with Crippen LogP contribution in [-0.2, 0) is 15.9 Å². The summed E-state index contributed by atoms with van der Waals surface area (Å²) in [5, 5.41) is 2.53. The third kappa shape index (κ3) is 3.74. The predicted molar refractivity (Wildman–Crippen MR) is 137 cm³/mol. The summed E-state index contributed by atoms with van der Waals surface area (Å²) in [5.41, 5.74) is 3.19. The molecule has 0 N–H and O–H groups in total. The highest BCUT2D eigenvalue weighted by Crippen LogP contribution is 2.29. The Kier molecular flexibility index (Phi) is 5.73. The molecule has 36 heavy (non-hydrogen) atoms. The number of pyridine rings is 1. The van der Waals surface area contributed by atoms with Crippen LogP contribution < -0.4 is 5.56 Å². The predicted octanol–water partition coefficient (Wildman–Crippen LogP) is 4.32. The van der Waals surface area contributed by atoms with E-state index in [0.717, 1.165) is 40.4 Å². The fourth-order valence-electron chi connectivity index (χ4n) is 5.17. The second-order valence-corrected chi connectivity index (χ2v) is 9.01. The lowest BCUT2D eigenvalue weighted by molar-refractivity contribution is 0.0511. The van der Waals surface area contributed by atoms with Gasteiger partial charge >= 0.3 is 5.97 Å². The van der Waals surface area contributed by atoms with Crippen LogP contribution in [0.5, 0.6) is 0 Å². The van der Waals surface area contributed by atoms with Gasteiger partial charge in [0.2, 0.25) is 5.82 Å².